The highest BCUT2D eigenvalue weighted by Gasteiger charge is 2.27. The van der Waals surface area contributed by atoms with Gasteiger partial charge in [-0.25, -0.2) is 0 Å². The lowest BCUT2D eigenvalue weighted by Gasteiger charge is -2.30. The van der Waals surface area contributed by atoms with E-state index in [0.717, 1.165) is 17.5 Å². The zero-order chi connectivity index (χ0) is 22.1. The molecule has 7 heteroatoms. The molecular formula is C23H28Cl2N2O2S. The summed E-state index contributed by atoms with van der Waals surface area (Å²) in [6.45, 7) is 5.99. The zero-order valence-corrected chi connectivity index (χ0v) is 19.9. The van der Waals surface area contributed by atoms with Crippen molar-refractivity contribution in [2.24, 2.45) is 0 Å². The van der Waals surface area contributed by atoms with Gasteiger partial charge in [0.15, 0.2) is 0 Å². The molecule has 0 fully saturated rings. The van der Waals surface area contributed by atoms with Crippen molar-refractivity contribution >= 4 is 46.8 Å². The molecular weight excluding hydrogens is 439 g/mol. The Bertz CT molecular complexity index is 863. The number of nitrogens with zero attached hydrogens (tertiary/aromatic N) is 1. The summed E-state index contributed by atoms with van der Waals surface area (Å²) in [6, 6.07) is 14.4. The molecule has 0 bridgehead atoms. The van der Waals surface area contributed by atoms with E-state index in [-0.39, 0.29) is 30.2 Å². The van der Waals surface area contributed by atoms with Crippen molar-refractivity contribution in [1.29, 1.82) is 0 Å². The highest BCUT2D eigenvalue weighted by Crippen LogP contribution is 2.23. The van der Waals surface area contributed by atoms with Gasteiger partial charge < -0.3 is 10.2 Å². The van der Waals surface area contributed by atoms with Crippen LogP contribution >= 0.6 is 35.0 Å². The first-order valence-corrected chi connectivity index (χ1v) is 11.9. The lowest BCUT2D eigenvalue weighted by atomic mass is 10.1. The van der Waals surface area contributed by atoms with E-state index >= 15 is 0 Å². The second-order valence-electron chi connectivity index (χ2n) is 7.19. The molecule has 2 rings (SSSR count). The number of hydrogen-bond donors (Lipinski definition) is 1. The molecule has 2 aromatic rings. The molecule has 0 aliphatic rings. The van der Waals surface area contributed by atoms with Crippen LogP contribution in [0, 0.1) is 0 Å². The van der Waals surface area contributed by atoms with Crippen molar-refractivity contribution in [1.82, 2.24) is 10.2 Å². The third-order valence-corrected chi connectivity index (χ3v) is 6.61. The first-order valence-electron chi connectivity index (χ1n) is 9.97. The van der Waals surface area contributed by atoms with Crippen LogP contribution in [0.1, 0.15) is 38.3 Å². The van der Waals surface area contributed by atoms with Gasteiger partial charge in [0, 0.05) is 28.4 Å². The van der Waals surface area contributed by atoms with Crippen LogP contribution in [0.4, 0.5) is 0 Å². The number of thioether (sulfide) groups is 1. The van der Waals surface area contributed by atoms with E-state index in [9.17, 15) is 9.59 Å². The van der Waals surface area contributed by atoms with Crippen LogP contribution in [0.2, 0.25) is 10.0 Å². The molecule has 0 aliphatic heterocycles. The lowest BCUT2D eigenvalue weighted by molar-refractivity contribution is -0.138. The zero-order valence-electron chi connectivity index (χ0n) is 17.5. The molecule has 4 nitrogen and oxygen atoms in total. The molecule has 2 aromatic carbocycles. The minimum Gasteiger partial charge on any atom is -0.352 e. The number of amides is 2. The largest absolute Gasteiger partial charge is 0.352 e. The number of rotatable bonds is 10. The third-order valence-electron chi connectivity index (χ3n) is 4.91. The predicted molar refractivity (Wildman–Crippen MR) is 127 cm³/mol. The summed E-state index contributed by atoms with van der Waals surface area (Å²) in [7, 11) is 0. The number of nitrogens with one attached hydrogen (secondary N) is 1. The van der Waals surface area contributed by atoms with E-state index in [2.05, 4.69) is 5.32 Å². The van der Waals surface area contributed by atoms with Gasteiger partial charge >= 0.3 is 0 Å². The van der Waals surface area contributed by atoms with E-state index in [1.165, 1.54) is 11.8 Å². The Hall–Kier alpha value is -1.69. The summed E-state index contributed by atoms with van der Waals surface area (Å²) in [5.74, 6) is 0.592. The fraction of sp³-hybridized carbons (Fsp3) is 0.391. The van der Waals surface area contributed by atoms with Crippen LogP contribution in [0.15, 0.2) is 48.5 Å². The predicted octanol–water partition coefficient (Wildman–Crippen LogP) is 5.56. The van der Waals surface area contributed by atoms with Crippen LogP contribution in [0.5, 0.6) is 0 Å². The van der Waals surface area contributed by atoms with Gasteiger partial charge in [-0.05, 0) is 43.5 Å². The lowest BCUT2D eigenvalue weighted by Crippen LogP contribution is -2.50. The summed E-state index contributed by atoms with van der Waals surface area (Å²) in [4.78, 5) is 27.4. The van der Waals surface area contributed by atoms with Crippen LogP contribution < -0.4 is 5.32 Å². The SMILES string of the molecule is CC[C@@H](C)NC(=O)[C@H](C)N(Cc1ccccc1Cl)C(=O)CSCc1ccccc1Cl. The van der Waals surface area contributed by atoms with Gasteiger partial charge in [-0.2, -0.15) is 0 Å². The second kappa shape index (κ2) is 12.2. The normalized spacial score (nSPS) is 12.8. The molecule has 2 amide bonds. The Balaban J connectivity index is 2.10. The number of carbonyl (C=O) groups excluding carboxylic acids is 2. The Morgan fingerprint density at radius 2 is 1.57 bits per heavy atom. The molecule has 0 unspecified atom stereocenters. The van der Waals surface area contributed by atoms with Crippen molar-refractivity contribution in [3.63, 3.8) is 0 Å². The Morgan fingerprint density at radius 1 is 1.00 bits per heavy atom. The van der Waals surface area contributed by atoms with Gasteiger partial charge in [-0.1, -0.05) is 66.5 Å². The van der Waals surface area contributed by atoms with Crippen LogP contribution in [-0.4, -0.2) is 34.6 Å². The second-order valence-corrected chi connectivity index (χ2v) is 8.99. The smallest absolute Gasteiger partial charge is 0.242 e. The van der Waals surface area contributed by atoms with Crippen molar-refractivity contribution < 1.29 is 9.59 Å². The average Bonchev–Trinajstić information content (AvgIpc) is 2.73. The van der Waals surface area contributed by atoms with E-state index in [1.807, 2.05) is 56.3 Å². The number of benzene rings is 2. The fourth-order valence-electron chi connectivity index (χ4n) is 2.80. The third kappa shape index (κ3) is 7.22. The maximum atomic E-state index is 13.1. The fourth-order valence-corrected chi connectivity index (χ4v) is 4.20. The highest BCUT2D eigenvalue weighted by atomic mass is 35.5. The summed E-state index contributed by atoms with van der Waals surface area (Å²) < 4.78 is 0. The molecule has 162 valence electrons. The average molecular weight is 467 g/mol. The van der Waals surface area contributed by atoms with Gasteiger partial charge in [0.1, 0.15) is 6.04 Å². The minimum atomic E-state index is -0.608. The molecule has 0 radical (unpaired) electrons. The summed E-state index contributed by atoms with van der Waals surface area (Å²) in [6.07, 6.45) is 0.824. The molecule has 1 N–H and O–H groups in total. The van der Waals surface area contributed by atoms with Gasteiger partial charge in [0.05, 0.1) is 5.75 Å². The molecule has 2 atom stereocenters. The number of carbonyl (C=O) groups is 2. The van der Waals surface area contributed by atoms with Gasteiger partial charge in [-0.3, -0.25) is 9.59 Å². The van der Waals surface area contributed by atoms with E-state index in [0.29, 0.717) is 15.8 Å². The van der Waals surface area contributed by atoms with Crippen LogP contribution in [-0.2, 0) is 21.9 Å². The summed E-state index contributed by atoms with van der Waals surface area (Å²) >= 11 is 14.0. The van der Waals surface area contributed by atoms with E-state index in [4.69, 9.17) is 23.2 Å². The van der Waals surface area contributed by atoms with E-state index in [1.54, 1.807) is 17.9 Å². The van der Waals surface area contributed by atoms with E-state index < -0.39 is 6.04 Å². The van der Waals surface area contributed by atoms with Gasteiger partial charge in [0.25, 0.3) is 0 Å². The first kappa shape index (κ1) is 24.6. The van der Waals surface area contributed by atoms with Crippen molar-refractivity contribution in [3.8, 4) is 0 Å². The molecule has 0 heterocycles. The summed E-state index contributed by atoms with van der Waals surface area (Å²) in [5, 5.41) is 4.23. The number of halogens is 2. The summed E-state index contributed by atoms with van der Waals surface area (Å²) in [5.41, 5.74) is 1.80. The standard InChI is InChI=1S/C23H28Cl2N2O2S/c1-4-16(2)26-23(29)17(3)27(13-18-9-5-7-11-20(18)24)22(28)15-30-14-19-10-6-8-12-21(19)25/h5-12,16-17H,4,13-15H2,1-3H3,(H,26,29)/t16-,17+/m1/s1. The van der Waals surface area contributed by atoms with Crippen molar-refractivity contribution in [3.05, 3.63) is 69.7 Å². The molecule has 0 saturated heterocycles. The monoisotopic (exact) mass is 466 g/mol. The molecule has 30 heavy (non-hydrogen) atoms. The van der Waals surface area contributed by atoms with Crippen LogP contribution in [0.25, 0.3) is 0 Å². The van der Waals surface area contributed by atoms with Crippen molar-refractivity contribution in [2.75, 3.05) is 5.75 Å². The quantitative estimate of drug-likeness (QED) is 0.498. The van der Waals surface area contributed by atoms with Gasteiger partial charge in [0.2, 0.25) is 11.8 Å². The molecule has 0 aromatic heterocycles. The Kier molecular flexibility index (Phi) is 10.0. The highest BCUT2D eigenvalue weighted by molar-refractivity contribution is 7.99. The Morgan fingerprint density at radius 3 is 2.13 bits per heavy atom. The van der Waals surface area contributed by atoms with Crippen LogP contribution in [0.3, 0.4) is 0 Å². The molecule has 0 aliphatic carbocycles. The topological polar surface area (TPSA) is 49.4 Å². The van der Waals surface area contributed by atoms with Gasteiger partial charge in [-0.15, -0.1) is 11.8 Å². The first-order chi connectivity index (χ1) is 14.3. The molecule has 0 spiro atoms. The maximum Gasteiger partial charge on any atom is 0.242 e. The molecule has 0 saturated carbocycles. The Labute approximate surface area is 193 Å². The minimum absolute atomic E-state index is 0.0480. The van der Waals surface area contributed by atoms with Crippen molar-refractivity contribution in [2.45, 2.75) is 51.6 Å². The number of hydrogen-bond acceptors (Lipinski definition) is 3. The maximum absolute atomic E-state index is 13.1.